The van der Waals surface area contributed by atoms with Crippen LogP contribution >= 0.6 is 11.3 Å². The van der Waals surface area contributed by atoms with Gasteiger partial charge in [-0.2, -0.15) is 0 Å². The van der Waals surface area contributed by atoms with Crippen molar-refractivity contribution >= 4 is 23.2 Å². The molecule has 1 aromatic carbocycles. The summed E-state index contributed by atoms with van der Waals surface area (Å²) in [5.41, 5.74) is 1.36. The number of piperidine rings is 1. The molecule has 2 aromatic rings. The predicted molar refractivity (Wildman–Crippen MR) is 85.7 cm³/mol. The molecule has 1 fully saturated rings. The highest BCUT2D eigenvalue weighted by Crippen LogP contribution is 2.28. The highest BCUT2D eigenvalue weighted by atomic mass is 32.1. The number of carbonyl (C=O) groups is 2. The van der Waals surface area contributed by atoms with Crippen molar-refractivity contribution in [3.63, 3.8) is 0 Å². The van der Waals surface area contributed by atoms with Crippen LogP contribution in [-0.2, 0) is 4.79 Å². The van der Waals surface area contributed by atoms with Gasteiger partial charge in [0.2, 0.25) is 5.91 Å². The molecule has 2 N–H and O–H groups in total. The molecule has 0 bridgehead atoms. The maximum absolute atomic E-state index is 13.0. The third-order valence-electron chi connectivity index (χ3n) is 3.68. The Bertz CT molecular complexity index is 742. The quantitative estimate of drug-likeness (QED) is 0.905. The first kappa shape index (κ1) is 15.6. The maximum atomic E-state index is 13.0. The number of rotatable bonds is 3. The van der Waals surface area contributed by atoms with Crippen molar-refractivity contribution in [1.29, 1.82) is 0 Å². The van der Waals surface area contributed by atoms with Crippen molar-refractivity contribution in [1.82, 2.24) is 15.6 Å². The second-order valence-corrected chi connectivity index (χ2v) is 6.40. The first-order valence-electron chi connectivity index (χ1n) is 7.36. The van der Waals surface area contributed by atoms with E-state index in [0.29, 0.717) is 28.5 Å². The van der Waals surface area contributed by atoms with Gasteiger partial charge in [0.25, 0.3) is 5.91 Å². The molecular weight excluding hydrogens is 317 g/mol. The molecule has 1 aliphatic rings. The highest BCUT2D eigenvalue weighted by Gasteiger charge is 2.26. The Morgan fingerprint density at radius 1 is 1.39 bits per heavy atom. The molecule has 3 rings (SSSR count). The number of aromatic nitrogens is 1. The van der Waals surface area contributed by atoms with Gasteiger partial charge in [0.1, 0.15) is 21.7 Å². The number of hydrogen-bond donors (Lipinski definition) is 2. The Balaban J connectivity index is 1.78. The van der Waals surface area contributed by atoms with Crippen LogP contribution in [0.3, 0.4) is 0 Å². The fourth-order valence-electron chi connectivity index (χ4n) is 2.46. The molecule has 0 radical (unpaired) electrons. The van der Waals surface area contributed by atoms with Gasteiger partial charge in [-0.05, 0) is 44.0 Å². The molecule has 1 saturated heterocycles. The zero-order chi connectivity index (χ0) is 16.4. The van der Waals surface area contributed by atoms with E-state index in [1.807, 2.05) is 0 Å². The molecule has 1 aromatic heterocycles. The summed E-state index contributed by atoms with van der Waals surface area (Å²) in [5.74, 6) is -0.760. The van der Waals surface area contributed by atoms with Gasteiger partial charge >= 0.3 is 0 Å². The molecule has 1 atom stereocenters. The lowest BCUT2D eigenvalue weighted by Crippen LogP contribution is -2.50. The number of halogens is 1. The molecule has 0 spiro atoms. The van der Waals surface area contributed by atoms with Crippen molar-refractivity contribution < 1.29 is 14.0 Å². The molecule has 1 aliphatic heterocycles. The number of nitrogens with one attached hydrogen (secondary N) is 2. The third-order valence-corrected chi connectivity index (χ3v) is 4.89. The van der Waals surface area contributed by atoms with Crippen LogP contribution in [-0.4, -0.2) is 29.4 Å². The highest BCUT2D eigenvalue weighted by molar-refractivity contribution is 7.17. The molecule has 0 aliphatic carbocycles. The number of nitrogens with zero attached hydrogens (tertiary/aromatic N) is 1. The molecule has 120 valence electrons. The number of benzene rings is 1. The zero-order valence-corrected chi connectivity index (χ0v) is 13.4. The molecule has 23 heavy (non-hydrogen) atoms. The standard InChI is InChI=1S/C16H16FN3O2S/c1-9-13(15(22)20-12-3-2-8-18-14(12)21)23-16(19-9)10-4-6-11(17)7-5-10/h4-7,12H,2-3,8H2,1H3,(H,18,21)(H,20,22). The molecule has 2 heterocycles. The van der Waals surface area contributed by atoms with Crippen LogP contribution in [0.4, 0.5) is 4.39 Å². The van der Waals surface area contributed by atoms with Crippen LogP contribution in [0.15, 0.2) is 24.3 Å². The third kappa shape index (κ3) is 3.39. The number of aryl methyl sites for hydroxylation is 1. The smallest absolute Gasteiger partial charge is 0.263 e. The van der Waals surface area contributed by atoms with Gasteiger partial charge < -0.3 is 10.6 Å². The SMILES string of the molecule is Cc1nc(-c2ccc(F)cc2)sc1C(=O)NC1CCCNC1=O. The normalized spacial score (nSPS) is 17.7. The van der Waals surface area contributed by atoms with Crippen LogP contribution < -0.4 is 10.6 Å². The minimum atomic E-state index is -0.493. The largest absolute Gasteiger partial charge is 0.354 e. The summed E-state index contributed by atoms with van der Waals surface area (Å²) in [7, 11) is 0. The van der Waals surface area contributed by atoms with Crippen molar-refractivity contribution in [3.05, 3.63) is 40.7 Å². The van der Waals surface area contributed by atoms with Gasteiger partial charge in [-0.3, -0.25) is 9.59 Å². The Kier molecular flexibility index (Phi) is 4.38. The van der Waals surface area contributed by atoms with E-state index >= 15 is 0 Å². The summed E-state index contributed by atoms with van der Waals surface area (Å²) in [5, 5.41) is 6.15. The zero-order valence-electron chi connectivity index (χ0n) is 12.6. The minimum Gasteiger partial charge on any atom is -0.354 e. The van der Waals surface area contributed by atoms with E-state index in [1.54, 1.807) is 19.1 Å². The van der Waals surface area contributed by atoms with E-state index in [9.17, 15) is 14.0 Å². The second-order valence-electron chi connectivity index (χ2n) is 5.40. The van der Waals surface area contributed by atoms with E-state index in [2.05, 4.69) is 15.6 Å². The van der Waals surface area contributed by atoms with Crippen molar-refractivity contribution in [2.24, 2.45) is 0 Å². The number of hydrogen-bond acceptors (Lipinski definition) is 4. The lowest BCUT2D eigenvalue weighted by Gasteiger charge is -2.22. The summed E-state index contributed by atoms with van der Waals surface area (Å²) in [4.78, 5) is 29.0. The van der Waals surface area contributed by atoms with E-state index < -0.39 is 6.04 Å². The molecular formula is C16H16FN3O2S. The predicted octanol–water partition coefficient (Wildman–Crippen LogP) is 2.27. The molecule has 7 heteroatoms. The fourth-order valence-corrected chi connectivity index (χ4v) is 3.43. The van der Waals surface area contributed by atoms with Crippen LogP contribution in [0.25, 0.3) is 10.6 Å². The van der Waals surface area contributed by atoms with E-state index in [1.165, 1.54) is 23.5 Å². The Hall–Kier alpha value is -2.28. The monoisotopic (exact) mass is 333 g/mol. The molecule has 0 saturated carbocycles. The van der Waals surface area contributed by atoms with Gasteiger partial charge in [-0.1, -0.05) is 0 Å². The van der Waals surface area contributed by atoms with Crippen molar-refractivity contribution in [3.8, 4) is 10.6 Å². The Labute approximate surface area is 136 Å². The average molecular weight is 333 g/mol. The lowest BCUT2D eigenvalue weighted by molar-refractivity contribution is -0.124. The van der Waals surface area contributed by atoms with Crippen LogP contribution in [0.1, 0.15) is 28.2 Å². The number of carbonyl (C=O) groups excluding carboxylic acids is 2. The van der Waals surface area contributed by atoms with Crippen LogP contribution in [0, 0.1) is 12.7 Å². The maximum Gasteiger partial charge on any atom is 0.263 e. The van der Waals surface area contributed by atoms with Gasteiger partial charge in [0, 0.05) is 12.1 Å². The fraction of sp³-hybridized carbons (Fsp3) is 0.312. The molecule has 1 unspecified atom stereocenters. The molecule has 2 amide bonds. The Morgan fingerprint density at radius 3 is 2.83 bits per heavy atom. The van der Waals surface area contributed by atoms with Crippen LogP contribution in [0.2, 0.25) is 0 Å². The minimum absolute atomic E-state index is 0.148. The number of thiazole rings is 1. The topological polar surface area (TPSA) is 71.1 Å². The summed E-state index contributed by atoms with van der Waals surface area (Å²) in [6.45, 7) is 2.40. The summed E-state index contributed by atoms with van der Waals surface area (Å²) < 4.78 is 13.0. The van der Waals surface area contributed by atoms with Crippen LogP contribution in [0.5, 0.6) is 0 Å². The van der Waals surface area contributed by atoms with E-state index in [-0.39, 0.29) is 17.6 Å². The first-order chi connectivity index (χ1) is 11.0. The summed E-state index contributed by atoms with van der Waals surface area (Å²) in [6, 6.07) is 5.48. The van der Waals surface area contributed by atoms with Gasteiger partial charge in [0.15, 0.2) is 0 Å². The van der Waals surface area contributed by atoms with Crippen molar-refractivity contribution in [2.75, 3.05) is 6.54 Å². The average Bonchev–Trinajstić information content (AvgIpc) is 2.92. The summed E-state index contributed by atoms with van der Waals surface area (Å²) in [6.07, 6.45) is 1.49. The second kappa shape index (κ2) is 6.45. The van der Waals surface area contributed by atoms with Gasteiger partial charge in [-0.25, -0.2) is 9.37 Å². The summed E-state index contributed by atoms with van der Waals surface area (Å²) >= 11 is 1.24. The first-order valence-corrected chi connectivity index (χ1v) is 8.18. The molecule has 5 nitrogen and oxygen atoms in total. The van der Waals surface area contributed by atoms with Gasteiger partial charge in [0.05, 0.1) is 5.69 Å². The Morgan fingerprint density at radius 2 is 2.13 bits per heavy atom. The van der Waals surface area contributed by atoms with Gasteiger partial charge in [-0.15, -0.1) is 11.3 Å². The van der Waals surface area contributed by atoms with E-state index in [4.69, 9.17) is 0 Å². The number of amides is 2. The lowest BCUT2D eigenvalue weighted by atomic mass is 10.1. The van der Waals surface area contributed by atoms with Crippen molar-refractivity contribution in [2.45, 2.75) is 25.8 Å². The van der Waals surface area contributed by atoms with E-state index in [0.717, 1.165) is 12.0 Å².